The number of halogens is 3. The number of fused-ring (bicyclic) bond motifs is 1. The fourth-order valence-corrected chi connectivity index (χ4v) is 4.99. The fraction of sp³-hybridized carbons (Fsp3) is 0.591. The molecule has 1 amide bonds. The molecular formula is C22H27F3N6O2. The van der Waals surface area contributed by atoms with Gasteiger partial charge in [-0.1, -0.05) is 0 Å². The number of pyridine rings is 1. The Morgan fingerprint density at radius 1 is 1.06 bits per heavy atom. The van der Waals surface area contributed by atoms with Gasteiger partial charge in [0.05, 0.1) is 18.4 Å². The average molecular weight is 464 g/mol. The van der Waals surface area contributed by atoms with Gasteiger partial charge in [-0.3, -0.25) is 9.69 Å². The van der Waals surface area contributed by atoms with Gasteiger partial charge < -0.3 is 14.5 Å². The molecule has 3 aliphatic heterocycles. The Morgan fingerprint density at radius 3 is 2.55 bits per heavy atom. The lowest BCUT2D eigenvalue weighted by atomic mass is 10.0. The minimum atomic E-state index is -4.42. The van der Waals surface area contributed by atoms with E-state index < -0.39 is 11.7 Å². The zero-order valence-electron chi connectivity index (χ0n) is 18.3. The number of nitrogens with zero attached hydrogens (tertiary/aromatic N) is 6. The number of aromatic nitrogens is 3. The van der Waals surface area contributed by atoms with Crippen LogP contribution in [0.4, 0.5) is 19.0 Å². The van der Waals surface area contributed by atoms with E-state index in [0.29, 0.717) is 63.4 Å². The van der Waals surface area contributed by atoms with E-state index in [1.54, 1.807) is 15.8 Å². The van der Waals surface area contributed by atoms with Crippen molar-refractivity contribution in [2.24, 2.45) is 0 Å². The smallest absolute Gasteiger partial charge is 0.419 e. The zero-order chi connectivity index (χ0) is 23.0. The number of anilines is 1. The van der Waals surface area contributed by atoms with Gasteiger partial charge in [0.15, 0.2) is 0 Å². The molecule has 8 nitrogen and oxygen atoms in total. The Morgan fingerprint density at radius 2 is 1.82 bits per heavy atom. The molecule has 0 radical (unpaired) electrons. The number of hydrogen-bond acceptors (Lipinski definition) is 6. The maximum absolute atomic E-state index is 13.3. The van der Waals surface area contributed by atoms with Crippen molar-refractivity contribution in [3.05, 3.63) is 35.7 Å². The van der Waals surface area contributed by atoms with Crippen LogP contribution in [0.5, 0.6) is 5.88 Å². The summed E-state index contributed by atoms with van der Waals surface area (Å²) in [6, 6.07) is 2.73. The first-order valence-corrected chi connectivity index (χ1v) is 11.4. The SMILES string of the molecule is O=C(c1cnn2c1OCCC2)N1CCC(N2CCN(c3ncccc3C(F)(F)F)CC2)CC1. The van der Waals surface area contributed by atoms with E-state index in [1.807, 2.05) is 4.90 Å². The minimum absolute atomic E-state index is 0.0109. The second kappa shape index (κ2) is 8.85. The summed E-state index contributed by atoms with van der Waals surface area (Å²) in [6.07, 6.45) is 1.16. The largest absolute Gasteiger partial charge is 0.477 e. The number of rotatable bonds is 3. The van der Waals surface area contributed by atoms with Crippen molar-refractivity contribution in [1.29, 1.82) is 0 Å². The third-order valence-corrected chi connectivity index (χ3v) is 6.75. The molecule has 0 saturated carbocycles. The van der Waals surface area contributed by atoms with Gasteiger partial charge in [0.25, 0.3) is 5.91 Å². The molecule has 11 heteroatoms. The van der Waals surface area contributed by atoms with Crippen LogP contribution in [0, 0.1) is 0 Å². The third kappa shape index (κ3) is 4.38. The standard InChI is InChI=1S/C22H27F3N6O2/c23-22(24,25)18-3-1-6-26-19(18)29-12-10-28(11-13-29)16-4-8-30(9-5-16)20(32)17-15-27-31-7-2-14-33-21(17)31/h1,3,6,15-16H,2,4-5,7-14H2. The number of ether oxygens (including phenoxy) is 1. The lowest BCUT2D eigenvalue weighted by Crippen LogP contribution is -2.54. The highest BCUT2D eigenvalue weighted by molar-refractivity contribution is 5.96. The normalized spacial score (nSPS) is 20.5. The summed E-state index contributed by atoms with van der Waals surface area (Å²) < 4.78 is 47.4. The monoisotopic (exact) mass is 464 g/mol. The van der Waals surface area contributed by atoms with Crippen molar-refractivity contribution in [2.45, 2.75) is 38.0 Å². The molecule has 0 N–H and O–H groups in total. The van der Waals surface area contributed by atoms with Crippen LogP contribution >= 0.6 is 0 Å². The summed E-state index contributed by atoms with van der Waals surface area (Å²) in [5.41, 5.74) is -0.158. The highest BCUT2D eigenvalue weighted by Gasteiger charge is 2.37. The van der Waals surface area contributed by atoms with Crippen molar-refractivity contribution in [3.8, 4) is 5.88 Å². The predicted molar refractivity (Wildman–Crippen MR) is 114 cm³/mol. The maximum atomic E-state index is 13.3. The number of piperidine rings is 1. The van der Waals surface area contributed by atoms with Gasteiger partial charge in [-0.25, -0.2) is 9.67 Å². The summed E-state index contributed by atoms with van der Waals surface area (Å²) in [6.45, 7) is 5.01. The zero-order valence-corrected chi connectivity index (χ0v) is 18.3. The van der Waals surface area contributed by atoms with Gasteiger partial charge >= 0.3 is 6.18 Å². The fourth-order valence-electron chi connectivity index (χ4n) is 4.99. The number of aryl methyl sites for hydroxylation is 1. The summed E-state index contributed by atoms with van der Waals surface area (Å²) in [4.78, 5) is 22.9. The topological polar surface area (TPSA) is 66.7 Å². The van der Waals surface area contributed by atoms with Crippen molar-refractivity contribution >= 4 is 11.7 Å². The Balaban J connectivity index is 1.16. The number of carbonyl (C=O) groups is 1. The summed E-state index contributed by atoms with van der Waals surface area (Å²) >= 11 is 0. The average Bonchev–Trinajstić information content (AvgIpc) is 3.27. The lowest BCUT2D eigenvalue weighted by Gasteiger charge is -2.43. The van der Waals surface area contributed by atoms with E-state index in [4.69, 9.17) is 4.74 Å². The van der Waals surface area contributed by atoms with Crippen LogP contribution in [0.25, 0.3) is 0 Å². The molecule has 3 aliphatic rings. The minimum Gasteiger partial charge on any atom is -0.477 e. The number of hydrogen-bond donors (Lipinski definition) is 0. The van der Waals surface area contributed by atoms with Crippen LogP contribution in [0.15, 0.2) is 24.5 Å². The molecule has 0 aromatic carbocycles. The van der Waals surface area contributed by atoms with E-state index >= 15 is 0 Å². The summed E-state index contributed by atoms with van der Waals surface area (Å²) in [7, 11) is 0. The van der Waals surface area contributed by atoms with Crippen LogP contribution in [-0.2, 0) is 12.7 Å². The Labute approximate surface area is 189 Å². The molecule has 2 fully saturated rings. The number of alkyl halides is 3. The number of likely N-dealkylation sites (tertiary alicyclic amines) is 1. The summed E-state index contributed by atoms with van der Waals surface area (Å²) in [5.74, 6) is 0.533. The van der Waals surface area contributed by atoms with E-state index in [2.05, 4.69) is 15.0 Å². The van der Waals surface area contributed by atoms with Gasteiger partial charge in [-0.15, -0.1) is 0 Å². The van der Waals surface area contributed by atoms with Gasteiger partial charge in [0.2, 0.25) is 5.88 Å². The van der Waals surface area contributed by atoms with Crippen molar-refractivity contribution in [1.82, 2.24) is 24.6 Å². The van der Waals surface area contributed by atoms with E-state index in [1.165, 1.54) is 12.3 Å². The first-order chi connectivity index (χ1) is 15.9. The van der Waals surface area contributed by atoms with E-state index in [-0.39, 0.29) is 11.7 Å². The van der Waals surface area contributed by atoms with Crippen LogP contribution in [0.3, 0.4) is 0 Å². The number of carbonyl (C=O) groups excluding carboxylic acids is 1. The quantitative estimate of drug-likeness (QED) is 0.696. The molecule has 0 unspecified atom stereocenters. The molecule has 2 aromatic heterocycles. The molecule has 178 valence electrons. The molecule has 2 saturated heterocycles. The predicted octanol–water partition coefficient (Wildman–Crippen LogP) is 2.51. The Kier molecular flexibility index (Phi) is 5.90. The Bertz CT molecular complexity index is 994. The van der Waals surface area contributed by atoms with Crippen LogP contribution in [0.2, 0.25) is 0 Å². The highest BCUT2D eigenvalue weighted by Crippen LogP contribution is 2.35. The van der Waals surface area contributed by atoms with Crippen molar-refractivity contribution in [3.63, 3.8) is 0 Å². The van der Waals surface area contributed by atoms with E-state index in [0.717, 1.165) is 31.9 Å². The first kappa shape index (κ1) is 22.0. The van der Waals surface area contributed by atoms with Crippen molar-refractivity contribution < 1.29 is 22.7 Å². The van der Waals surface area contributed by atoms with Crippen LogP contribution < -0.4 is 9.64 Å². The molecule has 0 atom stereocenters. The molecule has 0 spiro atoms. The first-order valence-electron chi connectivity index (χ1n) is 11.4. The highest BCUT2D eigenvalue weighted by atomic mass is 19.4. The Hall–Kier alpha value is -2.82. The maximum Gasteiger partial charge on any atom is 0.419 e. The van der Waals surface area contributed by atoms with Gasteiger partial charge in [-0.05, 0) is 25.0 Å². The number of amides is 1. The van der Waals surface area contributed by atoms with E-state index in [9.17, 15) is 18.0 Å². The van der Waals surface area contributed by atoms with Gasteiger partial charge in [0.1, 0.15) is 11.4 Å². The van der Waals surface area contributed by atoms with Crippen molar-refractivity contribution in [2.75, 3.05) is 50.8 Å². The van der Waals surface area contributed by atoms with Crippen LogP contribution in [-0.4, -0.2) is 82.4 Å². The third-order valence-electron chi connectivity index (χ3n) is 6.75. The lowest BCUT2D eigenvalue weighted by molar-refractivity contribution is -0.137. The molecule has 2 aromatic rings. The molecule has 0 aliphatic carbocycles. The van der Waals surface area contributed by atoms with Gasteiger partial charge in [-0.2, -0.15) is 18.3 Å². The molecule has 0 bridgehead atoms. The molecule has 33 heavy (non-hydrogen) atoms. The molecule has 5 heterocycles. The molecular weight excluding hydrogens is 437 g/mol. The van der Waals surface area contributed by atoms with Crippen LogP contribution in [0.1, 0.15) is 35.2 Å². The summed E-state index contributed by atoms with van der Waals surface area (Å²) in [5, 5.41) is 4.27. The second-order valence-corrected chi connectivity index (χ2v) is 8.71. The van der Waals surface area contributed by atoms with Gasteiger partial charge in [0, 0.05) is 64.5 Å². The molecule has 5 rings (SSSR count). The number of piperazine rings is 1. The second-order valence-electron chi connectivity index (χ2n) is 8.71.